The summed E-state index contributed by atoms with van der Waals surface area (Å²) in [6, 6.07) is 8.56. The van der Waals surface area contributed by atoms with E-state index in [9.17, 15) is 4.79 Å². The van der Waals surface area contributed by atoms with Gasteiger partial charge >= 0.3 is 5.97 Å². The number of esters is 1. The molecule has 2 rings (SSSR count). The number of nitrogen functional groups attached to an aromatic ring is 1. The van der Waals surface area contributed by atoms with Crippen LogP contribution in [-0.2, 0) is 11.3 Å². The Bertz CT molecular complexity index is 585. The molecule has 0 radical (unpaired) electrons. The number of nitrogens with zero attached hydrogens (tertiary/aromatic N) is 1. The first kappa shape index (κ1) is 13.9. The molecule has 0 atom stereocenters. The fourth-order valence-corrected chi connectivity index (χ4v) is 1.68. The number of carbonyl (C=O) groups is 1. The number of hydrogen-bond donors (Lipinski definition) is 1. The van der Waals surface area contributed by atoms with Gasteiger partial charge in [-0.3, -0.25) is 4.98 Å². The Morgan fingerprint density at radius 1 is 1.25 bits per heavy atom. The van der Waals surface area contributed by atoms with Crippen LogP contribution in [0.15, 0.2) is 42.7 Å². The van der Waals surface area contributed by atoms with Crippen molar-refractivity contribution in [3.8, 4) is 5.75 Å². The topological polar surface area (TPSA) is 74.4 Å². The lowest BCUT2D eigenvalue weighted by molar-refractivity contribution is 0.0521. The van der Waals surface area contributed by atoms with Crippen LogP contribution in [0.25, 0.3) is 0 Å². The van der Waals surface area contributed by atoms with Gasteiger partial charge in [-0.05, 0) is 36.8 Å². The molecule has 0 spiro atoms. The SMILES string of the molecule is CCOC(=O)c1ccc(N)cc1OCc1ccncc1. The van der Waals surface area contributed by atoms with Crippen molar-refractivity contribution in [2.45, 2.75) is 13.5 Å². The van der Waals surface area contributed by atoms with Crippen molar-refractivity contribution in [1.82, 2.24) is 4.98 Å². The first-order valence-electron chi connectivity index (χ1n) is 6.29. The second-order valence-electron chi connectivity index (χ2n) is 4.12. The normalized spacial score (nSPS) is 10.1. The molecule has 5 nitrogen and oxygen atoms in total. The van der Waals surface area contributed by atoms with Gasteiger partial charge in [0, 0.05) is 24.1 Å². The maximum Gasteiger partial charge on any atom is 0.341 e. The molecule has 104 valence electrons. The highest BCUT2D eigenvalue weighted by molar-refractivity contribution is 5.93. The van der Waals surface area contributed by atoms with Crippen molar-refractivity contribution in [2.75, 3.05) is 12.3 Å². The summed E-state index contributed by atoms with van der Waals surface area (Å²) in [4.78, 5) is 15.8. The lowest BCUT2D eigenvalue weighted by atomic mass is 10.2. The Morgan fingerprint density at radius 2 is 2.00 bits per heavy atom. The van der Waals surface area contributed by atoms with E-state index in [0.717, 1.165) is 5.56 Å². The van der Waals surface area contributed by atoms with Gasteiger partial charge in [0.25, 0.3) is 0 Å². The van der Waals surface area contributed by atoms with Crippen LogP contribution in [0.3, 0.4) is 0 Å². The summed E-state index contributed by atoms with van der Waals surface area (Å²) in [6.45, 7) is 2.40. The van der Waals surface area contributed by atoms with Crippen molar-refractivity contribution in [3.63, 3.8) is 0 Å². The van der Waals surface area contributed by atoms with E-state index >= 15 is 0 Å². The number of ether oxygens (including phenoxy) is 2. The van der Waals surface area contributed by atoms with Crippen molar-refractivity contribution in [1.29, 1.82) is 0 Å². The van der Waals surface area contributed by atoms with Crippen LogP contribution in [0.4, 0.5) is 5.69 Å². The van der Waals surface area contributed by atoms with Gasteiger partial charge in [-0.25, -0.2) is 4.79 Å². The molecule has 0 aliphatic rings. The van der Waals surface area contributed by atoms with Gasteiger partial charge in [0.05, 0.1) is 6.61 Å². The highest BCUT2D eigenvalue weighted by Crippen LogP contribution is 2.23. The average molecular weight is 272 g/mol. The Hall–Kier alpha value is -2.56. The molecule has 0 aliphatic heterocycles. The van der Waals surface area contributed by atoms with E-state index in [0.29, 0.717) is 30.2 Å². The summed E-state index contributed by atoms with van der Waals surface area (Å²) in [7, 11) is 0. The van der Waals surface area contributed by atoms with Gasteiger partial charge in [0.2, 0.25) is 0 Å². The van der Waals surface area contributed by atoms with E-state index in [1.165, 1.54) is 0 Å². The smallest absolute Gasteiger partial charge is 0.341 e. The van der Waals surface area contributed by atoms with Crippen LogP contribution < -0.4 is 10.5 Å². The molecule has 1 aromatic carbocycles. The largest absolute Gasteiger partial charge is 0.488 e. The molecule has 1 aromatic heterocycles. The van der Waals surface area contributed by atoms with Gasteiger partial charge in [0.1, 0.15) is 17.9 Å². The maximum absolute atomic E-state index is 11.8. The third-order valence-corrected chi connectivity index (χ3v) is 2.64. The summed E-state index contributed by atoms with van der Waals surface area (Å²) < 4.78 is 10.7. The number of anilines is 1. The lowest BCUT2D eigenvalue weighted by Gasteiger charge is -2.11. The maximum atomic E-state index is 11.8. The fraction of sp³-hybridized carbons (Fsp3) is 0.200. The minimum atomic E-state index is -0.419. The first-order chi connectivity index (χ1) is 9.70. The number of aromatic nitrogens is 1. The van der Waals surface area contributed by atoms with Crippen LogP contribution in [-0.4, -0.2) is 17.6 Å². The third-order valence-electron chi connectivity index (χ3n) is 2.64. The van der Waals surface area contributed by atoms with E-state index < -0.39 is 5.97 Å². The van der Waals surface area contributed by atoms with Crippen molar-refractivity contribution < 1.29 is 14.3 Å². The molecule has 0 saturated heterocycles. The zero-order chi connectivity index (χ0) is 14.4. The minimum Gasteiger partial charge on any atom is -0.488 e. The molecule has 1 heterocycles. The summed E-state index contributed by atoms with van der Waals surface area (Å²) >= 11 is 0. The molecule has 2 aromatic rings. The highest BCUT2D eigenvalue weighted by Gasteiger charge is 2.14. The molecule has 0 saturated carbocycles. The fourth-order valence-electron chi connectivity index (χ4n) is 1.68. The predicted octanol–water partition coefficient (Wildman–Crippen LogP) is 2.42. The second-order valence-corrected chi connectivity index (χ2v) is 4.12. The van der Waals surface area contributed by atoms with E-state index in [4.69, 9.17) is 15.2 Å². The Morgan fingerprint density at radius 3 is 2.70 bits per heavy atom. The lowest BCUT2D eigenvalue weighted by Crippen LogP contribution is -2.08. The van der Waals surface area contributed by atoms with E-state index in [1.807, 2.05) is 12.1 Å². The van der Waals surface area contributed by atoms with Crippen LogP contribution >= 0.6 is 0 Å². The molecule has 5 heteroatoms. The monoisotopic (exact) mass is 272 g/mol. The number of hydrogen-bond acceptors (Lipinski definition) is 5. The van der Waals surface area contributed by atoms with Gasteiger partial charge in [-0.1, -0.05) is 0 Å². The second kappa shape index (κ2) is 6.56. The molecular weight excluding hydrogens is 256 g/mol. The highest BCUT2D eigenvalue weighted by atomic mass is 16.5. The third kappa shape index (κ3) is 3.47. The first-order valence-corrected chi connectivity index (χ1v) is 6.29. The average Bonchev–Trinajstić information content (AvgIpc) is 2.46. The van der Waals surface area contributed by atoms with Crippen molar-refractivity contribution in [3.05, 3.63) is 53.9 Å². The summed E-state index contributed by atoms with van der Waals surface area (Å²) in [5.41, 5.74) is 7.59. The summed E-state index contributed by atoms with van der Waals surface area (Å²) in [5, 5.41) is 0. The molecule has 20 heavy (non-hydrogen) atoms. The molecule has 0 aliphatic carbocycles. The zero-order valence-electron chi connectivity index (χ0n) is 11.2. The molecular formula is C15H16N2O3. The number of pyridine rings is 1. The molecule has 0 amide bonds. The van der Waals surface area contributed by atoms with Crippen LogP contribution in [0.2, 0.25) is 0 Å². The summed E-state index contributed by atoms with van der Waals surface area (Å²) in [5.74, 6) is -0.00232. The molecule has 2 N–H and O–H groups in total. The van der Waals surface area contributed by atoms with Gasteiger partial charge in [-0.15, -0.1) is 0 Å². The molecule has 0 bridgehead atoms. The van der Waals surface area contributed by atoms with E-state index in [2.05, 4.69) is 4.98 Å². The van der Waals surface area contributed by atoms with E-state index in [1.54, 1.807) is 37.5 Å². The number of rotatable bonds is 5. The van der Waals surface area contributed by atoms with Gasteiger partial charge < -0.3 is 15.2 Å². The number of benzene rings is 1. The Labute approximate surface area is 117 Å². The Kier molecular flexibility index (Phi) is 4.55. The molecule has 0 unspecified atom stereocenters. The number of carbonyl (C=O) groups excluding carboxylic acids is 1. The van der Waals surface area contributed by atoms with Crippen molar-refractivity contribution in [2.24, 2.45) is 0 Å². The van der Waals surface area contributed by atoms with Crippen LogP contribution in [0.5, 0.6) is 5.75 Å². The van der Waals surface area contributed by atoms with Crippen molar-refractivity contribution >= 4 is 11.7 Å². The number of nitrogens with two attached hydrogens (primary N) is 1. The van der Waals surface area contributed by atoms with Crippen LogP contribution in [0.1, 0.15) is 22.8 Å². The predicted molar refractivity (Wildman–Crippen MR) is 75.4 cm³/mol. The van der Waals surface area contributed by atoms with Crippen LogP contribution in [0, 0.1) is 0 Å². The summed E-state index contributed by atoms with van der Waals surface area (Å²) in [6.07, 6.45) is 3.37. The quantitative estimate of drug-likeness (QED) is 0.668. The van der Waals surface area contributed by atoms with Gasteiger partial charge in [-0.2, -0.15) is 0 Å². The standard InChI is InChI=1S/C15H16N2O3/c1-2-19-15(18)13-4-3-12(16)9-14(13)20-10-11-5-7-17-8-6-11/h3-9H,2,10,16H2,1H3. The molecule has 0 fully saturated rings. The minimum absolute atomic E-state index is 0.313. The zero-order valence-corrected chi connectivity index (χ0v) is 11.2. The Balaban J connectivity index is 2.17. The van der Waals surface area contributed by atoms with Gasteiger partial charge in [0.15, 0.2) is 0 Å². The van der Waals surface area contributed by atoms with E-state index in [-0.39, 0.29) is 0 Å².